The topological polar surface area (TPSA) is 107 Å². The van der Waals surface area contributed by atoms with E-state index in [2.05, 4.69) is 4.74 Å². The van der Waals surface area contributed by atoms with E-state index in [4.69, 9.17) is 0 Å². The Hall–Kier alpha value is -2.44. The van der Waals surface area contributed by atoms with Crippen LogP contribution < -0.4 is 0 Å². The van der Waals surface area contributed by atoms with Crippen molar-refractivity contribution in [1.29, 1.82) is 0 Å². The van der Waals surface area contributed by atoms with Crippen molar-refractivity contribution in [2.75, 3.05) is 7.11 Å². The molecule has 0 saturated heterocycles. The molecule has 0 radical (unpaired) electrons. The molecule has 0 aromatic heterocycles. The number of benzene rings is 1. The Balaban J connectivity index is 2.52. The molecule has 0 saturated carbocycles. The van der Waals surface area contributed by atoms with E-state index in [-0.39, 0.29) is 23.2 Å². The quantitative estimate of drug-likeness (QED) is 0.542. The lowest BCUT2D eigenvalue weighted by Gasteiger charge is -2.21. The number of amides is 1. The van der Waals surface area contributed by atoms with E-state index < -0.39 is 35.2 Å². The van der Waals surface area contributed by atoms with Gasteiger partial charge >= 0.3 is 5.97 Å². The molecule has 108 valence electrons. The number of carbonyl (C=O) groups is 2. The van der Waals surface area contributed by atoms with Crippen molar-refractivity contribution in [1.82, 2.24) is 4.90 Å². The van der Waals surface area contributed by atoms with Crippen LogP contribution in [0.5, 0.6) is 17.2 Å². The SMILES string of the molecule is COC(=O)[C@H](C)N1Cc2c(O)c(O)c(O)c(C)c2C1=O. The van der Waals surface area contributed by atoms with Crippen LogP contribution in [0.2, 0.25) is 0 Å². The van der Waals surface area contributed by atoms with Crippen LogP contribution in [0.3, 0.4) is 0 Å². The molecule has 1 aliphatic heterocycles. The fourth-order valence-corrected chi connectivity index (χ4v) is 2.34. The van der Waals surface area contributed by atoms with Crippen LogP contribution in [0.15, 0.2) is 0 Å². The predicted octanol–water partition coefficient (Wildman–Crippen LogP) is 0.629. The van der Waals surface area contributed by atoms with Crippen molar-refractivity contribution in [3.8, 4) is 17.2 Å². The fraction of sp³-hybridized carbons (Fsp3) is 0.385. The zero-order valence-corrected chi connectivity index (χ0v) is 11.3. The molecule has 1 aromatic carbocycles. The standard InChI is InChI=1S/C13H15NO6/c1-5-8-7(10(16)11(17)9(5)15)4-14(12(8)18)6(2)13(19)20-3/h6,15-17H,4H2,1-3H3/t6-/m0/s1. The second kappa shape index (κ2) is 4.59. The average molecular weight is 281 g/mol. The summed E-state index contributed by atoms with van der Waals surface area (Å²) in [7, 11) is 1.22. The van der Waals surface area contributed by atoms with Gasteiger partial charge in [0.1, 0.15) is 6.04 Å². The molecule has 1 heterocycles. The Morgan fingerprint density at radius 2 is 1.85 bits per heavy atom. The van der Waals surface area contributed by atoms with Crippen LogP contribution in [0.1, 0.15) is 28.4 Å². The lowest BCUT2D eigenvalue weighted by molar-refractivity contribution is -0.145. The lowest BCUT2D eigenvalue weighted by Crippen LogP contribution is -2.39. The minimum Gasteiger partial charge on any atom is -0.504 e. The molecule has 0 aliphatic carbocycles. The largest absolute Gasteiger partial charge is 0.504 e. The summed E-state index contributed by atoms with van der Waals surface area (Å²) < 4.78 is 4.59. The first-order valence-corrected chi connectivity index (χ1v) is 5.96. The van der Waals surface area contributed by atoms with E-state index in [1.165, 1.54) is 25.9 Å². The number of ether oxygens (including phenoxy) is 1. The van der Waals surface area contributed by atoms with E-state index in [0.29, 0.717) is 0 Å². The van der Waals surface area contributed by atoms with E-state index in [1.54, 1.807) is 0 Å². The molecule has 1 amide bonds. The maximum Gasteiger partial charge on any atom is 0.328 e. The number of rotatable bonds is 2. The highest BCUT2D eigenvalue weighted by atomic mass is 16.5. The van der Waals surface area contributed by atoms with Crippen molar-refractivity contribution in [3.63, 3.8) is 0 Å². The van der Waals surface area contributed by atoms with Gasteiger partial charge in [0, 0.05) is 11.1 Å². The molecule has 1 atom stereocenters. The number of esters is 1. The Labute approximate surface area is 115 Å². The number of phenols is 3. The summed E-state index contributed by atoms with van der Waals surface area (Å²) in [5.74, 6) is -2.84. The van der Waals surface area contributed by atoms with Crippen LogP contribution in [-0.2, 0) is 16.1 Å². The van der Waals surface area contributed by atoms with Crippen molar-refractivity contribution in [3.05, 3.63) is 16.7 Å². The van der Waals surface area contributed by atoms with Gasteiger partial charge in [0.15, 0.2) is 11.5 Å². The molecule has 1 aromatic rings. The van der Waals surface area contributed by atoms with Gasteiger partial charge in [-0.25, -0.2) is 4.79 Å². The van der Waals surface area contributed by atoms with Crippen molar-refractivity contribution in [2.45, 2.75) is 26.4 Å². The maximum atomic E-state index is 12.3. The highest BCUT2D eigenvalue weighted by Gasteiger charge is 2.39. The number of nitrogens with zero attached hydrogens (tertiary/aromatic N) is 1. The third-order valence-corrected chi connectivity index (χ3v) is 3.58. The molecule has 0 fully saturated rings. The number of hydrogen-bond acceptors (Lipinski definition) is 6. The first-order valence-electron chi connectivity index (χ1n) is 5.96. The minimum absolute atomic E-state index is 0.0368. The number of fused-ring (bicyclic) bond motifs is 1. The summed E-state index contributed by atoms with van der Waals surface area (Å²) in [6, 6.07) is -0.831. The maximum absolute atomic E-state index is 12.3. The summed E-state index contributed by atoms with van der Waals surface area (Å²) >= 11 is 0. The Bertz CT molecular complexity index is 610. The van der Waals surface area contributed by atoms with Crippen LogP contribution in [-0.4, -0.2) is 45.2 Å². The molecule has 0 bridgehead atoms. The third-order valence-electron chi connectivity index (χ3n) is 3.58. The molecule has 0 spiro atoms. The zero-order valence-electron chi connectivity index (χ0n) is 11.3. The summed E-state index contributed by atoms with van der Waals surface area (Å²) in [4.78, 5) is 25.0. The van der Waals surface area contributed by atoms with Crippen LogP contribution >= 0.6 is 0 Å². The van der Waals surface area contributed by atoms with Gasteiger partial charge in [-0.05, 0) is 13.8 Å². The fourth-order valence-electron chi connectivity index (χ4n) is 2.34. The Kier molecular flexibility index (Phi) is 3.21. The van der Waals surface area contributed by atoms with Gasteiger partial charge in [0.2, 0.25) is 5.75 Å². The highest BCUT2D eigenvalue weighted by molar-refractivity contribution is 6.03. The summed E-state index contributed by atoms with van der Waals surface area (Å²) in [5.41, 5.74) is 0.465. The van der Waals surface area contributed by atoms with Gasteiger partial charge in [-0.2, -0.15) is 0 Å². The minimum atomic E-state index is -0.831. The molecular weight excluding hydrogens is 266 g/mol. The monoisotopic (exact) mass is 281 g/mol. The molecule has 7 nitrogen and oxygen atoms in total. The van der Waals surface area contributed by atoms with Crippen molar-refractivity contribution >= 4 is 11.9 Å². The number of hydrogen-bond donors (Lipinski definition) is 3. The lowest BCUT2D eigenvalue weighted by atomic mass is 10.0. The molecule has 0 unspecified atom stereocenters. The third kappa shape index (κ3) is 1.74. The first kappa shape index (κ1) is 14.0. The van der Waals surface area contributed by atoms with Gasteiger partial charge < -0.3 is 25.0 Å². The normalized spacial score (nSPS) is 15.2. The van der Waals surface area contributed by atoms with E-state index in [0.717, 1.165) is 0 Å². The number of phenolic OH excluding ortho intramolecular Hbond substituents is 3. The number of carbonyl (C=O) groups excluding carboxylic acids is 2. The van der Waals surface area contributed by atoms with Gasteiger partial charge in [-0.1, -0.05) is 0 Å². The zero-order chi connectivity index (χ0) is 15.2. The van der Waals surface area contributed by atoms with Crippen molar-refractivity contribution in [2.24, 2.45) is 0 Å². The summed E-state index contributed by atoms with van der Waals surface area (Å²) in [5, 5.41) is 29.1. The number of aromatic hydroxyl groups is 3. The molecule has 3 N–H and O–H groups in total. The average Bonchev–Trinajstić information content (AvgIpc) is 2.78. The Morgan fingerprint density at radius 3 is 2.40 bits per heavy atom. The van der Waals surface area contributed by atoms with Gasteiger partial charge in [0.25, 0.3) is 5.91 Å². The van der Waals surface area contributed by atoms with Crippen LogP contribution in [0.4, 0.5) is 0 Å². The van der Waals surface area contributed by atoms with Gasteiger partial charge in [-0.3, -0.25) is 4.79 Å². The Morgan fingerprint density at radius 1 is 1.25 bits per heavy atom. The summed E-state index contributed by atoms with van der Waals surface area (Å²) in [6.45, 7) is 2.92. The van der Waals surface area contributed by atoms with Gasteiger partial charge in [0.05, 0.1) is 19.2 Å². The predicted molar refractivity (Wildman–Crippen MR) is 67.5 cm³/mol. The van der Waals surface area contributed by atoms with Gasteiger partial charge in [-0.15, -0.1) is 0 Å². The molecule has 20 heavy (non-hydrogen) atoms. The summed E-state index contributed by atoms with van der Waals surface area (Å²) in [6.07, 6.45) is 0. The second-order valence-corrected chi connectivity index (χ2v) is 4.66. The highest BCUT2D eigenvalue weighted by Crippen LogP contribution is 2.46. The molecular formula is C13H15NO6. The van der Waals surface area contributed by atoms with Crippen molar-refractivity contribution < 1.29 is 29.6 Å². The number of methoxy groups -OCH3 is 1. The smallest absolute Gasteiger partial charge is 0.328 e. The van der Waals surface area contributed by atoms with E-state index in [1.807, 2.05) is 0 Å². The van der Waals surface area contributed by atoms with E-state index in [9.17, 15) is 24.9 Å². The second-order valence-electron chi connectivity index (χ2n) is 4.66. The first-order chi connectivity index (χ1) is 9.31. The molecule has 1 aliphatic rings. The van der Waals surface area contributed by atoms with Crippen LogP contribution in [0.25, 0.3) is 0 Å². The molecule has 2 rings (SSSR count). The van der Waals surface area contributed by atoms with Crippen LogP contribution in [0, 0.1) is 6.92 Å². The molecule has 7 heteroatoms. The van der Waals surface area contributed by atoms with E-state index >= 15 is 0 Å².